The molecule has 0 aliphatic heterocycles. The fourth-order valence-corrected chi connectivity index (χ4v) is 2.98. The lowest BCUT2D eigenvalue weighted by molar-refractivity contribution is 0.0948. The first kappa shape index (κ1) is 11.7. The molecule has 1 nitrogen and oxygen atoms in total. The van der Waals surface area contributed by atoms with Crippen molar-refractivity contribution in [1.82, 2.24) is 0 Å². The van der Waals surface area contributed by atoms with E-state index in [0.29, 0.717) is 6.42 Å². The van der Waals surface area contributed by atoms with Crippen LogP contribution in [0.3, 0.4) is 0 Å². The maximum absolute atomic E-state index is 11.9. The zero-order valence-corrected chi connectivity index (χ0v) is 10.6. The predicted octanol–water partition coefficient (Wildman–Crippen LogP) is 4.37. The zero-order valence-electron chi connectivity index (χ0n) is 9.85. The first-order chi connectivity index (χ1) is 7.63. The molecule has 0 unspecified atom stereocenters. The summed E-state index contributed by atoms with van der Waals surface area (Å²) in [6.07, 6.45) is 3.79. The van der Waals surface area contributed by atoms with Crippen LogP contribution in [0, 0.1) is 0 Å². The summed E-state index contributed by atoms with van der Waals surface area (Å²) in [6.45, 7) is 4.40. The lowest BCUT2D eigenvalue weighted by atomic mass is 9.66. The predicted molar refractivity (Wildman–Crippen MR) is 67.3 cm³/mol. The fourth-order valence-electron chi connectivity index (χ4n) is 2.80. The summed E-state index contributed by atoms with van der Waals surface area (Å²) >= 11 is 6.05. The van der Waals surface area contributed by atoms with Gasteiger partial charge in [0.25, 0.3) is 0 Å². The van der Waals surface area contributed by atoms with Crippen molar-refractivity contribution in [3.05, 3.63) is 34.3 Å². The summed E-state index contributed by atoms with van der Waals surface area (Å²) in [6, 6.07) is 5.69. The normalized spacial score (nSPS) is 18.3. The molecule has 0 radical (unpaired) electrons. The van der Waals surface area contributed by atoms with Gasteiger partial charge in [0.2, 0.25) is 0 Å². The van der Waals surface area contributed by atoms with Gasteiger partial charge in [0, 0.05) is 17.0 Å². The van der Waals surface area contributed by atoms with Crippen molar-refractivity contribution in [2.24, 2.45) is 0 Å². The first-order valence-electron chi connectivity index (χ1n) is 5.96. The largest absolute Gasteiger partial charge is 0.294 e. The Morgan fingerprint density at radius 2 is 2.00 bits per heavy atom. The molecule has 16 heavy (non-hydrogen) atoms. The van der Waals surface area contributed by atoms with Gasteiger partial charge in [-0.05, 0) is 48.4 Å². The lowest BCUT2D eigenvalue weighted by Crippen LogP contribution is -2.32. The van der Waals surface area contributed by atoms with E-state index in [9.17, 15) is 4.79 Å². The topological polar surface area (TPSA) is 17.1 Å². The van der Waals surface area contributed by atoms with Gasteiger partial charge in [-0.2, -0.15) is 0 Å². The van der Waals surface area contributed by atoms with E-state index < -0.39 is 0 Å². The average Bonchev–Trinajstić information content (AvgIpc) is 2.30. The smallest absolute Gasteiger partial charge is 0.163 e. The minimum atomic E-state index is 0.161. The van der Waals surface area contributed by atoms with E-state index in [-0.39, 0.29) is 11.2 Å². The molecule has 0 aromatic heterocycles. The van der Waals surface area contributed by atoms with Gasteiger partial charge in [-0.3, -0.25) is 4.79 Å². The highest BCUT2D eigenvalue weighted by atomic mass is 35.5. The number of hydrogen-bond acceptors (Lipinski definition) is 1. The molecule has 0 atom stereocenters. The van der Waals surface area contributed by atoms with Crippen LogP contribution in [0.4, 0.5) is 0 Å². The molecule has 86 valence electrons. The molecule has 1 aliphatic carbocycles. The Balaban J connectivity index is 2.62. The van der Waals surface area contributed by atoms with E-state index in [0.717, 1.165) is 29.8 Å². The summed E-state index contributed by atoms with van der Waals surface area (Å²) in [4.78, 5) is 11.9. The molecule has 0 N–H and O–H groups in total. The van der Waals surface area contributed by atoms with Crippen molar-refractivity contribution >= 4 is 17.4 Å². The second-order valence-corrected chi connectivity index (χ2v) is 5.04. The van der Waals surface area contributed by atoms with Crippen LogP contribution in [0.2, 0.25) is 5.02 Å². The minimum absolute atomic E-state index is 0.161. The molecule has 1 aliphatic rings. The molecule has 0 saturated heterocycles. The minimum Gasteiger partial charge on any atom is -0.294 e. The number of Topliss-reactive ketones (excluding diaryl/α,β-unsaturated/α-hetero) is 1. The number of benzene rings is 1. The molecule has 2 heteroatoms. The number of halogens is 1. The zero-order chi connectivity index (χ0) is 11.8. The molecule has 2 rings (SSSR count). The van der Waals surface area contributed by atoms with Gasteiger partial charge >= 0.3 is 0 Å². The van der Waals surface area contributed by atoms with E-state index in [4.69, 9.17) is 11.6 Å². The summed E-state index contributed by atoms with van der Waals surface area (Å²) < 4.78 is 0. The van der Waals surface area contributed by atoms with Gasteiger partial charge in [0.05, 0.1) is 0 Å². The Labute approximate surface area is 102 Å². The third kappa shape index (κ3) is 1.67. The van der Waals surface area contributed by atoms with Crippen molar-refractivity contribution in [3.63, 3.8) is 0 Å². The first-order valence-corrected chi connectivity index (χ1v) is 6.34. The molecular formula is C14H17ClO. The second-order valence-electron chi connectivity index (χ2n) is 4.60. The van der Waals surface area contributed by atoms with E-state index in [2.05, 4.69) is 13.8 Å². The lowest BCUT2D eigenvalue weighted by Gasteiger charge is -2.37. The van der Waals surface area contributed by atoms with Crippen LogP contribution in [-0.2, 0) is 5.41 Å². The summed E-state index contributed by atoms with van der Waals surface area (Å²) in [5, 5.41) is 0.736. The number of hydrogen-bond donors (Lipinski definition) is 0. The van der Waals surface area contributed by atoms with Crippen LogP contribution in [0.5, 0.6) is 0 Å². The molecule has 1 aromatic carbocycles. The highest BCUT2D eigenvalue weighted by Crippen LogP contribution is 2.43. The molecule has 0 fully saturated rings. The highest BCUT2D eigenvalue weighted by molar-refractivity contribution is 6.30. The van der Waals surface area contributed by atoms with Crippen LogP contribution >= 0.6 is 11.6 Å². The van der Waals surface area contributed by atoms with Crippen molar-refractivity contribution < 1.29 is 4.79 Å². The van der Waals surface area contributed by atoms with Gasteiger partial charge in [-0.25, -0.2) is 0 Å². The number of rotatable bonds is 2. The van der Waals surface area contributed by atoms with Crippen molar-refractivity contribution in [3.8, 4) is 0 Å². The second kappa shape index (κ2) is 4.21. The highest BCUT2D eigenvalue weighted by Gasteiger charge is 2.36. The number of carbonyl (C=O) groups is 1. The summed E-state index contributed by atoms with van der Waals surface area (Å²) in [5.74, 6) is 0.268. The number of fused-ring (bicyclic) bond motifs is 1. The molecule has 0 amide bonds. The van der Waals surface area contributed by atoms with Gasteiger partial charge in [0.1, 0.15) is 0 Å². The van der Waals surface area contributed by atoms with E-state index >= 15 is 0 Å². The van der Waals surface area contributed by atoms with Gasteiger partial charge < -0.3 is 0 Å². The van der Waals surface area contributed by atoms with Crippen molar-refractivity contribution in [2.75, 3.05) is 0 Å². The Morgan fingerprint density at radius 1 is 1.31 bits per heavy atom. The third-order valence-corrected chi connectivity index (χ3v) is 4.27. The standard InChI is InChI=1S/C14H17ClO/c1-3-14(4-2)8-7-13(16)11-6-5-10(15)9-12(11)14/h5-6,9H,3-4,7-8H2,1-2H3. The van der Waals surface area contributed by atoms with Crippen LogP contribution in [-0.4, -0.2) is 5.78 Å². The summed E-state index contributed by atoms with van der Waals surface area (Å²) in [5.41, 5.74) is 2.22. The monoisotopic (exact) mass is 236 g/mol. The van der Waals surface area contributed by atoms with E-state index in [1.807, 2.05) is 18.2 Å². The summed E-state index contributed by atoms with van der Waals surface area (Å²) in [7, 11) is 0. The van der Waals surface area contributed by atoms with Crippen LogP contribution in [0.15, 0.2) is 18.2 Å². The van der Waals surface area contributed by atoms with Crippen molar-refractivity contribution in [2.45, 2.75) is 44.9 Å². The quantitative estimate of drug-likeness (QED) is 0.745. The van der Waals surface area contributed by atoms with Gasteiger partial charge in [-0.15, -0.1) is 0 Å². The number of ketones is 1. The average molecular weight is 237 g/mol. The van der Waals surface area contributed by atoms with Crippen LogP contribution in [0.1, 0.15) is 55.5 Å². The van der Waals surface area contributed by atoms with Crippen molar-refractivity contribution in [1.29, 1.82) is 0 Å². The molecule has 0 spiro atoms. The molecule has 0 bridgehead atoms. The Morgan fingerprint density at radius 3 is 2.62 bits per heavy atom. The van der Waals surface area contributed by atoms with Gasteiger partial charge in [-0.1, -0.05) is 25.4 Å². The Bertz CT molecular complexity index is 419. The molecule has 1 aromatic rings. The van der Waals surface area contributed by atoms with Crippen LogP contribution in [0.25, 0.3) is 0 Å². The van der Waals surface area contributed by atoms with E-state index in [1.165, 1.54) is 5.56 Å². The Hall–Kier alpha value is -0.820. The maximum atomic E-state index is 11.9. The maximum Gasteiger partial charge on any atom is 0.163 e. The molecule has 0 heterocycles. The van der Waals surface area contributed by atoms with Gasteiger partial charge in [0.15, 0.2) is 5.78 Å². The SMILES string of the molecule is CCC1(CC)CCC(=O)c2ccc(Cl)cc21. The number of carbonyl (C=O) groups excluding carboxylic acids is 1. The Kier molecular flexibility index (Phi) is 3.07. The molecule has 0 saturated carbocycles. The fraction of sp³-hybridized carbons (Fsp3) is 0.500. The van der Waals surface area contributed by atoms with Crippen LogP contribution < -0.4 is 0 Å². The third-order valence-electron chi connectivity index (χ3n) is 4.04. The molecular weight excluding hydrogens is 220 g/mol. The van der Waals surface area contributed by atoms with E-state index in [1.54, 1.807) is 0 Å².